The van der Waals surface area contributed by atoms with E-state index in [1.807, 2.05) is 13.0 Å². The fourth-order valence-electron chi connectivity index (χ4n) is 2.49. The summed E-state index contributed by atoms with van der Waals surface area (Å²) in [7, 11) is 1.45. The molecular weight excluding hydrogens is 214 g/mol. The first-order valence-corrected chi connectivity index (χ1v) is 6.74. The van der Waals surface area contributed by atoms with Gasteiger partial charge in [0.2, 0.25) is 0 Å². The molecule has 0 bridgehead atoms. The number of nitrogens with zero attached hydrogens (tertiary/aromatic N) is 1. The van der Waals surface area contributed by atoms with Gasteiger partial charge in [-0.2, -0.15) is 0 Å². The number of carbonyl (C=O) groups excluding carboxylic acids is 1. The molecule has 3 heteroatoms. The van der Waals surface area contributed by atoms with Crippen LogP contribution in [0, 0.1) is 0 Å². The van der Waals surface area contributed by atoms with Crippen LogP contribution in [-0.4, -0.2) is 37.1 Å². The molecule has 98 valence electrons. The number of carbonyl (C=O) groups is 1. The maximum atomic E-state index is 11.5. The summed E-state index contributed by atoms with van der Waals surface area (Å²) < 4.78 is 4.77. The zero-order chi connectivity index (χ0) is 12.7. The summed E-state index contributed by atoms with van der Waals surface area (Å²) in [6.45, 7) is 6.29. The summed E-state index contributed by atoms with van der Waals surface area (Å²) in [6, 6.07) is 0.691. The predicted molar refractivity (Wildman–Crippen MR) is 69.9 cm³/mol. The summed E-state index contributed by atoms with van der Waals surface area (Å²) in [5.74, 6) is -0.183. The first-order chi connectivity index (χ1) is 8.22. The van der Waals surface area contributed by atoms with Gasteiger partial charge in [0.05, 0.1) is 7.11 Å². The zero-order valence-corrected chi connectivity index (χ0v) is 11.4. The minimum atomic E-state index is -0.183. The van der Waals surface area contributed by atoms with E-state index in [-0.39, 0.29) is 5.97 Å². The number of methoxy groups -OCH3 is 1. The highest BCUT2D eigenvalue weighted by Gasteiger charge is 2.19. The van der Waals surface area contributed by atoms with Crippen LogP contribution in [0.4, 0.5) is 0 Å². The van der Waals surface area contributed by atoms with E-state index in [9.17, 15) is 4.79 Å². The summed E-state index contributed by atoms with van der Waals surface area (Å²) >= 11 is 0. The fraction of sp³-hybridized carbons (Fsp3) is 0.786. The van der Waals surface area contributed by atoms with Gasteiger partial charge in [0.15, 0.2) is 0 Å². The lowest BCUT2D eigenvalue weighted by atomic mass is 10.00. The molecule has 0 aromatic heterocycles. The maximum Gasteiger partial charge on any atom is 0.333 e. The molecule has 0 aromatic carbocycles. The molecule has 0 amide bonds. The van der Waals surface area contributed by atoms with Gasteiger partial charge in [-0.1, -0.05) is 26.3 Å². The Morgan fingerprint density at radius 3 is 2.76 bits per heavy atom. The van der Waals surface area contributed by atoms with Crippen LogP contribution in [0.1, 0.15) is 46.0 Å². The molecule has 1 rings (SSSR count). The molecule has 17 heavy (non-hydrogen) atoms. The van der Waals surface area contributed by atoms with Crippen LogP contribution in [0.3, 0.4) is 0 Å². The highest BCUT2D eigenvalue weighted by molar-refractivity contribution is 5.88. The second-order valence-corrected chi connectivity index (χ2v) is 4.63. The Morgan fingerprint density at radius 1 is 1.41 bits per heavy atom. The third kappa shape index (κ3) is 4.15. The van der Waals surface area contributed by atoms with E-state index in [1.165, 1.54) is 32.8 Å². The second kappa shape index (κ2) is 7.49. The smallest absolute Gasteiger partial charge is 0.333 e. The number of piperidine rings is 1. The van der Waals surface area contributed by atoms with Crippen LogP contribution >= 0.6 is 0 Å². The largest absolute Gasteiger partial charge is 0.466 e. The summed E-state index contributed by atoms with van der Waals surface area (Å²) in [4.78, 5) is 13.9. The van der Waals surface area contributed by atoms with Crippen molar-refractivity contribution in [2.45, 2.75) is 52.0 Å². The molecule has 0 aliphatic carbocycles. The Bertz CT molecular complexity index is 273. The quantitative estimate of drug-likeness (QED) is 0.546. The molecule has 1 fully saturated rings. The average Bonchev–Trinajstić information content (AvgIpc) is 2.39. The van der Waals surface area contributed by atoms with Gasteiger partial charge in [0.1, 0.15) is 0 Å². The van der Waals surface area contributed by atoms with E-state index in [4.69, 9.17) is 4.74 Å². The molecular formula is C14H25NO2. The molecule has 1 saturated heterocycles. The summed E-state index contributed by atoms with van der Waals surface area (Å²) in [5.41, 5.74) is 0.799. The molecule has 0 saturated carbocycles. The summed E-state index contributed by atoms with van der Waals surface area (Å²) in [5, 5.41) is 0. The third-order valence-corrected chi connectivity index (χ3v) is 3.62. The molecule has 3 nitrogen and oxygen atoms in total. The van der Waals surface area contributed by atoms with Crippen LogP contribution < -0.4 is 0 Å². The van der Waals surface area contributed by atoms with Gasteiger partial charge in [-0.15, -0.1) is 0 Å². The van der Waals surface area contributed by atoms with Crippen LogP contribution in [0.5, 0.6) is 0 Å². The lowest BCUT2D eigenvalue weighted by Crippen LogP contribution is -2.39. The zero-order valence-electron chi connectivity index (χ0n) is 11.4. The van der Waals surface area contributed by atoms with E-state index in [2.05, 4.69) is 11.8 Å². The fourth-order valence-corrected chi connectivity index (χ4v) is 2.49. The van der Waals surface area contributed by atoms with E-state index in [0.717, 1.165) is 25.1 Å². The van der Waals surface area contributed by atoms with Crippen LogP contribution in [-0.2, 0) is 9.53 Å². The van der Waals surface area contributed by atoms with Crippen molar-refractivity contribution in [3.05, 3.63) is 11.6 Å². The van der Waals surface area contributed by atoms with Crippen molar-refractivity contribution >= 4 is 5.97 Å². The number of likely N-dealkylation sites (tertiary alicyclic amines) is 1. The highest BCUT2D eigenvalue weighted by Crippen LogP contribution is 2.19. The van der Waals surface area contributed by atoms with Crippen molar-refractivity contribution < 1.29 is 9.53 Å². The standard InChI is InChI=1S/C14H25NO2/c1-4-12(14(16)17-3)9-11-15-10-7-6-8-13(15)5-2/h9,13H,4-8,10-11H2,1-3H3. The van der Waals surface area contributed by atoms with Crippen LogP contribution in [0.15, 0.2) is 11.6 Å². The number of ether oxygens (including phenoxy) is 1. The Morgan fingerprint density at radius 2 is 2.18 bits per heavy atom. The molecule has 1 unspecified atom stereocenters. The first kappa shape index (κ1) is 14.2. The minimum Gasteiger partial charge on any atom is -0.466 e. The maximum absolute atomic E-state index is 11.5. The topological polar surface area (TPSA) is 29.5 Å². The van der Waals surface area contributed by atoms with Gasteiger partial charge >= 0.3 is 5.97 Å². The van der Waals surface area contributed by atoms with Crippen LogP contribution in [0.2, 0.25) is 0 Å². The lowest BCUT2D eigenvalue weighted by molar-refractivity contribution is -0.136. The Hall–Kier alpha value is -0.830. The number of esters is 1. The van der Waals surface area contributed by atoms with Crippen molar-refractivity contribution in [1.82, 2.24) is 4.90 Å². The van der Waals surface area contributed by atoms with Gasteiger partial charge in [-0.3, -0.25) is 4.90 Å². The SMILES string of the molecule is CCC(=CCN1CCCCC1CC)C(=O)OC. The highest BCUT2D eigenvalue weighted by atomic mass is 16.5. The van der Waals surface area contributed by atoms with Gasteiger partial charge in [-0.05, 0) is 32.2 Å². The molecule has 0 N–H and O–H groups in total. The van der Waals surface area contributed by atoms with Gasteiger partial charge in [-0.25, -0.2) is 4.79 Å². The van der Waals surface area contributed by atoms with Crippen LogP contribution in [0.25, 0.3) is 0 Å². The van der Waals surface area contributed by atoms with Crippen molar-refractivity contribution in [1.29, 1.82) is 0 Å². The van der Waals surface area contributed by atoms with E-state index in [1.54, 1.807) is 0 Å². The summed E-state index contributed by atoms with van der Waals surface area (Å²) in [6.07, 6.45) is 7.91. The number of hydrogen-bond donors (Lipinski definition) is 0. The normalized spacial score (nSPS) is 22.5. The predicted octanol–water partition coefficient (Wildman–Crippen LogP) is 2.76. The molecule has 1 heterocycles. The molecule has 1 aliphatic heterocycles. The average molecular weight is 239 g/mol. The van der Waals surface area contributed by atoms with Crippen molar-refractivity contribution in [3.63, 3.8) is 0 Å². The third-order valence-electron chi connectivity index (χ3n) is 3.62. The molecule has 0 spiro atoms. The number of rotatable bonds is 5. The Kier molecular flexibility index (Phi) is 6.27. The monoisotopic (exact) mass is 239 g/mol. The van der Waals surface area contributed by atoms with E-state index >= 15 is 0 Å². The van der Waals surface area contributed by atoms with Crippen molar-refractivity contribution in [3.8, 4) is 0 Å². The van der Waals surface area contributed by atoms with E-state index in [0.29, 0.717) is 6.04 Å². The first-order valence-electron chi connectivity index (χ1n) is 6.74. The second-order valence-electron chi connectivity index (χ2n) is 4.63. The Balaban J connectivity index is 2.56. The van der Waals surface area contributed by atoms with E-state index < -0.39 is 0 Å². The van der Waals surface area contributed by atoms with Crippen molar-refractivity contribution in [2.75, 3.05) is 20.2 Å². The van der Waals surface area contributed by atoms with Crippen molar-refractivity contribution in [2.24, 2.45) is 0 Å². The van der Waals surface area contributed by atoms with Gasteiger partial charge in [0, 0.05) is 18.2 Å². The number of hydrogen-bond acceptors (Lipinski definition) is 3. The molecule has 0 aromatic rings. The Labute approximate surface area is 105 Å². The molecule has 0 radical (unpaired) electrons. The molecule has 1 atom stereocenters. The van der Waals surface area contributed by atoms with Gasteiger partial charge in [0.25, 0.3) is 0 Å². The molecule has 1 aliphatic rings. The minimum absolute atomic E-state index is 0.183. The van der Waals surface area contributed by atoms with Gasteiger partial charge < -0.3 is 4.74 Å². The lowest BCUT2D eigenvalue weighted by Gasteiger charge is -2.34.